The van der Waals surface area contributed by atoms with Crippen LogP contribution in [0.3, 0.4) is 0 Å². The Morgan fingerprint density at radius 1 is 1.56 bits per heavy atom. The highest BCUT2D eigenvalue weighted by Crippen LogP contribution is 2.20. The smallest absolute Gasteiger partial charge is 0.205 e. The molecule has 0 aromatic carbocycles. The number of nitrogens with zero attached hydrogens (tertiary/aromatic N) is 3. The van der Waals surface area contributed by atoms with Gasteiger partial charge in [-0.05, 0) is 45.7 Å². The van der Waals surface area contributed by atoms with Crippen LogP contribution in [0.2, 0.25) is 0 Å². The van der Waals surface area contributed by atoms with Crippen LogP contribution in [-0.4, -0.2) is 35.5 Å². The van der Waals surface area contributed by atoms with Crippen LogP contribution < -0.4 is 10.2 Å². The lowest BCUT2D eigenvalue weighted by Crippen LogP contribution is -2.38. The molecule has 0 saturated carbocycles. The first-order chi connectivity index (χ1) is 7.79. The largest absolute Gasteiger partial charge is 0.347 e. The second-order valence-corrected chi connectivity index (χ2v) is 5.11. The molecule has 1 saturated heterocycles. The number of anilines is 1. The summed E-state index contributed by atoms with van der Waals surface area (Å²) in [5, 5.41) is 4.54. The molecule has 1 N–H and O–H groups in total. The molecule has 0 radical (unpaired) electrons. The maximum atomic E-state index is 4.46. The Labute approximate surface area is 101 Å². The molecule has 1 fully saturated rings. The van der Waals surface area contributed by atoms with Gasteiger partial charge in [0, 0.05) is 24.6 Å². The molecule has 16 heavy (non-hydrogen) atoms. The van der Waals surface area contributed by atoms with Crippen molar-refractivity contribution in [3.63, 3.8) is 0 Å². The van der Waals surface area contributed by atoms with Gasteiger partial charge in [-0.2, -0.15) is 4.37 Å². The minimum absolute atomic E-state index is 0.762. The van der Waals surface area contributed by atoms with Crippen LogP contribution in [-0.2, 0) is 0 Å². The van der Waals surface area contributed by atoms with Crippen molar-refractivity contribution >= 4 is 16.7 Å². The molecule has 2 heterocycles. The fraction of sp³-hybridized carbons (Fsp3) is 0.818. The monoisotopic (exact) mass is 240 g/mol. The predicted octanol–water partition coefficient (Wildman–Crippen LogP) is 1.67. The van der Waals surface area contributed by atoms with Crippen molar-refractivity contribution in [2.24, 2.45) is 5.92 Å². The number of aromatic nitrogens is 2. The molecule has 1 atom stereocenters. The molecule has 2 rings (SSSR count). The highest BCUT2D eigenvalue weighted by atomic mass is 32.1. The molecule has 0 aliphatic carbocycles. The Kier molecular flexibility index (Phi) is 4.12. The highest BCUT2D eigenvalue weighted by molar-refractivity contribution is 7.09. The third-order valence-corrected chi connectivity index (χ3v) is 3.91. The molecule has 0 spiro atoms. The molecular formula is C11H20N4S. The molecule has 1 aliphatic rings. The molecule has 0 amide bonds. The molecular weight excluding hydrogens is 220 g/mol. The average Bonchev–Trinajstić information content (AvgIpc) is 2.74. The zero-order valence-corrected chi connectivity index (χ0v) is 10.9. The third-order valence-electron chi connectivity index (χ3n) is 3.05. The Hall–Kier alpha value is -0.680. The van der Waals surface area contributed by atoms with Gasteiger partial charge in [0.15, 0.2) is 0 Å². The minimum Gasteiger partial charge on any atom is -0.347 e. The molecule has 1 aliphatic heterocycles. The van der Waals surface area contributed by atoms with Gasteiger partial charge in [0.2, 0.25) is 5.13 Å². The number of nitrogens with one attached hydrogen (secondary N) is 1. The van der Waals surface area contributed by atoms with Crippen LogP contribution in [0.15, 0.2) is 0 Å². The van der Waals surface area contributed by atoms with Gasteiger partial charge in [0.25, 0.3) is 0 Å². The quantitative estimate of drug-likeness (QED) is 0.869. The van der Waals surface area contributed by atoms with E-state index in [2.05, 4.69) is 26.5 Å². The normalized spacial score (nSPS) is 21.0. The van der Waals surface area contributed by atoms with Crippen molar-refractivity contribution in [2.45, 2.75) is 26.7 Å². The summed E-state index contributed by atoms with van der Waals surface area (Å²) >= 11 is 1.52. The topological polar surface area (TPSA) is 41.0 Å². The number of piperidine rings is 1. The first-order valence-electron chi connectivity index (χ1n) is 6.05. The fourth-order valence-electron chi connectivity index (χ4n) is 2.15. The van der Waals surface area contributed by atoms with Gasteiger partial charge in [0.1, 0.15) is 5.82 Å². The Bertz CT molecular complexity index is 320. The third kappa shape index (κ3) is 2.92. The zero-order chi connectivity index (χ0) is 11.4. The summed E-state index contributed by atoms with van der Waals surface area (Å²) < 4.78 is 4.25. The second-order valence-electron chi connectivity index (χ2n) is 4.38. The van der Waals surface area contributed by atoms with E-state index in [1.54, 1.807) is 0 Å². The number of rotatable bonds is 4. The summed E-state index contributed by atoms with van der Waals surface area (Å²) in [6, 6.07) is 0. The first kappa shape index (κ1) is 11.8. The maximum absolute atomic E-state index is 4.46. The summed E-state index contributed by atoms with van der Waals surface area (Å²) in [4.78, 5) is 6.81. The van der Waals surface area contributed by atoms with Crippen LogP contribution in [0.1, 0.15) is 25.6 Å². The van der Waals surface area contributed by atoms with E-state index in [0.29, 0.717) is 0 Å². The molecule has 1 aromatic rings. The SMILES string of the molecule is CCN(CC1CCCNC1)c1nc(C)ns1. The van der Waals surface area contributed by atoms with E-state index >= 15 is 0 Å². The number of hydrogen-bond acceptors (Lipinski definition) is 5. The lowest BCUT2D eigenvalue weighted by Gasteiger charge is -2.28. The Balaban J connectivity index is 1.94. The predicted molar refractivity (Wildman–Crippen MR) is 68.1 cm³/mol. The molecule has 90 valence electrons. The summed E-state index contributed by atoms with van der Waals surface area (Å²) in [6.45, 7) is 8.60. The van der Waals surface area contributed by atoms with Crippen molar-refractivity contribution in [2.75, 3.05) is 31.1 Å². The average molecular weight is 240 g/mol. The molecule has 1 aromatic heterocycles. The van der Waals surface area contributed by atoms with Crippen LogP contribution in [0.25, 0.3) is 0 Å². The van der Waals surface area contributed by atoms with Gasteiger partial charge in [-0.15, -0.1) is 0 Å². The lowest BCUT2D eigenvalue weighted by molar-refractivity contribution is 0.378. The van der Waals surface area contributed by atoms with E-state index in [1.165, 1.54) is 30.9 Å². The van der Waals surface area contributed by atoms with Crippen LogP contribution in [0.4, 0.5) is 5.13 Å². The van der Waals surface area contributed by atoms with Crippen LogP contribution in [0, 0.1) is 12.8 Å². The van der Waals surface area contributed by atoms with Gasteiger partial charge < -0.3 is 10.2 Å². The van der Waals surface area contributed by atoms with E-state index in [9.17, 15) is 0 Å². The fourth-order valence-corrected chi connectivity index (χ4v) is 2.90. The number of hydrogen-bond donors (Lipinski definition) is 1. The zero-order valence-electron chi connectivity index (χ0n) is 10.1. The van der Waals surface area contributed by atoms with Gasteiger partial charge >= 0.3 is 0 Å². The molecule has 0 bridgehead atoms. The second kappa shape index (κ2) is 5.59. The van der Waals surface area contributed by atoms with E-state index < -0.39 is 0 Å². The summed E-state index contributed by atoms with van der Waals surface area (Å²) in [5.41, 5.74) is 0. The minimum atomic E-state index is 0.762. The van der Waals surface area contributed by atoms with E-state index in [1.807, 2.05) is 6.92 Å². The first-order valence-corrected chi connectivity index (χ1v) is 6.83. The van der Waals surface area contributed by atoms with Crippen LogP contribution >= 0.6 is 11.5 Å². The highest BCUT2D eigenvalue weighted by Gasteiger charge is 2.18. The summed E-state index contributed by atoms with van der Waals surface area (Å²) in [5.74, 6) is 1.65. The molecule has 1 unspecified atom stereocenters. The van der Waals surface area contributed by atoms with Gasteiger partial charge in [-0.3, -0.25) is 0 Å². The van der Waals surface area contributed by atoms with Crippen molar-refractivity contribution in [1.82, 2.24) is 14.7 Å². The van der Waals surface area contributed by atoms with Crippen LogP contribution in [0.5, 0.6) is 0 Å². The maximum Gasteiger partial charge on any atom is 0.205 e. The van der Waals surface area contributed by atoms with Gasteiger partial charge in [-0.1, -0.05) is 0 Å². The van der Waals surface area contributed by atoms with Crippen molar-refractivity contribution < 1.29 is 0 Å². The standard InChI is InChI=1S/C11H20N4S/c1-3-15(11-13-9(2)14-16-11)8-10-5-4-6-12-7-10/h10,12H,3-8H2,1-2H3. The Morgan fingerprint density at radius 2 is 2.44 bits per heavy atom. The van der Waals surface area contributed by atoms with Gasteiger partial charge in [0.05, 0.1) is 0 Å². The van der Waals surface area contributed by atoms with Gasteiger partial charge in [-0.25, -0.2) is 4.98 Å². The van der Waals surface area contributed by atoms with Crippen molar-refractivity contribution in [3.05, 3.63) is 5.82 Å². The Morgan fingerprint density at radius 3 is 3.00 bits per heavy atom. The summed E-state index contributed by atoms with van der Waals surface area (Å²) in [6.07, 6.45) is 2.64. The van der Waals surface area contributed by atoms with E-state index in [4.69, 9.17) is 0 Å². The van der Waals surface area contributed by atoms with E-state index in [-0.39, 0.29) is 0 Å². The lowest BCUT2D eigenvalue weighted by atomic mass is 9.99. The van der Waals surface area contributed by atoms with E-state index in [0.717, 1.165) is 36.5 Å². The molecule has 5 heteroatoms. The van der Waals surface area contributed by atoms with Crippen molar-refractivity contribution in [1.29, 1.82) is 0 Å². The number of aryl methyl sites for hydroxylation is 1. The summed E-state index contributed by atoms with van der Waals surface area (Å²) in [7, 11) is 0. The molecule has 4 nitrogen and oxygen atoms in total. The van der Waals surface area contributed by atoms with Crippen molar-refractivity contribution in [3.8, 4) is 0 Å².